The number of rotatable bonds is 5. The molecule has 94 valence electrons. The lowest BCUT2D eigenvalue weighted by Gasteiger charge is -2.20. The maximum atomic E-state index is 11.9. The smallest absolute Gasteiger partial charge is 0.224 e. The topological polar surface area (TPSA) is 57.6 Å². The number of hydrogen-bond donors (Lipinski definition) is 1. The van der Waals surface area contributed by atoms with Gasteiger partial charge in [0, 0.05) is 12.6 Å². The largest absolute Gasteiger partial charge is 0.508 e. The Bertz CT molecular complexity index is 499. The summed E-state index contributed by atoms with van der Waals surface area (Å²) in [4.78, 5) is 0. The third-order valence-electron chi connectivity index (χ3n) is 2.70. The Hall–Kier alpha value is -0.590. The van der Waals surface area contributed by atoms with Crippen molar-refractivity contribution in [3.8, 4) is 5.75 Å². The van der Waals surface area contributed by atoms with E-state index in [1.807, 2.05) is 6.07 Å². The van der Waals surface area contributed by atoms with Crippen LogP contribution in [0.4, 0.5) is 0 Å². The zero-order valence-electron chi connectivity index (χ0n) is 9.21. The van der Waals surface area contributed by atoms with E-state index in [2.05, 4.69) is 15.9 Å². The van der Waals surface area contributed by atoms with Crippen LogP contribution in [0.25, 0.3) is 0 Å². The number of aromatic hydroxyl groups is 1. The van der Waals surface area contributed by atoms with E-state index in [0.717, 1.165) is 18.4 Å². The summed E-state index contributed by atoms with van der Waals surface area (Å²) in [5.74, 6) is 0.162. The van der Waals surface area contributed by atoms with Gasteiger partial charge in [-0.1, -0.05) is 28.1 Å². The molecule has 0 aliphatic heterocycles. The van der Waals surface area contributed by atoms with Crippen molar-refractivity contribution in [2.24, 2.45) is 0 Å². The van der Waals surface area contributed by atoms with Crippen molar-refractivity contribution in [2.75, 3.05) is 4.66 Å². The van der Waals surface area contributed by atoms with Crippen molar-refractivity contribution in [2.45, 2.75) is 25.4 Å². The quantitative estimate of drug-likeness (QED) is 0.845. The highest BCUT2D eigenvalue weighted by atomic mass is 79.9. The van der Waals surface area contributed by atoms with Crippen molar-refractivity contribution >= 4 is 26.0 Å². The molecule has 1 aromatic rings. The summed E-state index contributed by atoms with van der Waals surface area (Å²) in [6.45, 7) is 0.326. The fraction of sp³-hybridized carbons (Fsp3) is 0.455. The van der Waals surface area contributed by atoms with E-state index in [1.54, 1.807) is 18.2 Å². The van der Waals surface area contributed by atoms with Crippen LogP contribution in [0.1, 0.15) is 18.4 Å². The summed E-state index contributed by atoms with van der Waals surface area (Å²) in [6.07, 6.45) is 1.84. The fourth-order valence-corrected chi connectivity index (χ4v) is 3.64. The monoisotopic (exact) mass is 319 g/mol. The van der Waals surface area contributed by atoms with Gasteiger partial charge in [-0.15, -0.1) is 0 Å². The minimum Gasteiger partial charge on any atom is -0.508 e. The van der Waals surface area contributed by atoms with Crippen LogP contribution in [0.3, 0.4) is 0 Å². The van der Waals surface area contributed by atoms with Crippen molar-refractivity contribution in [1.82, 2.24) is 4.31 Å². The van der Waals surface area contributed by atoms with Gasteiger partial charge in [0.15, 0.2) is 0 Å². The average Bonchev–Trinajstić information content (AvgIpc) is 3.10. The highest BCUT2D eigenvalue weighted by Gasteiger charge is 2.36. The van der Waals surface area contributed by atoms with Gasteiger partial charge in [-0.2, -0.15) is 4.31 Å². The van der Waals surface area contributed by atoms with E-state index in [0.29, 0.717) is 6.54 Å². The van der Waals surface area contributed by atoms with Gasteiger partial charge in [0.1, 0.15) is 10.4 Å². The van der Waals surface area contributed by atoms with Crippen LogP contribution in [0, 0.1) is 0 Å². The maximum Gasteiger partial charge on any atom is 0.224 e. The van der Waals surface area contributed by atoms with Crippen molar-refractivity contribution < 1.29 is 13.5 Å². The number of hydrogen-bond acceptors (Lipinski definition) is 3. The number of phenols is 1. The lowest BCUT2D eigenvalue weighted by molar-refractivity contribution is 0.400. The minimum absolute atomic E-state index is 0.0602. The molecule has 6 heteroatoms. The summed E-state index contributed by atoms with van der Waals surface area (Å²) in [7, 11) is -3.24. The molecule has 17 heavy (non-hydrogen) atoms. The summed E-state index contributed by atoms with van der Waals surface area (Å²) in [6, 6.07) is 6.83. The van der Waals surface area contributed by atoms with Gasteiger partial charge >= 0.3 is 0 Å². The Kier molecular flexibility index (Phi) is 3.75. The Morgan fingerprint density at radius 2 is 2.12 bits per heavy atom. The van der Waals surface area contributed by atoms with E-state index >= 15 is 0 Å². The molecule has 1 N–H and O–H groups in total. The summed E-state index contributed by atoms with van der Waals surface area (Å²) >= 11 is 3.02. The average molecular weight is 320 g/mol. The molecule has 0 heterocycles. The normalized spacial score (nSPS) is 16.4. The number of phenolic OH excluding ortho intramolecular Hbond substituents is 1. The maximum absolute atomic E-state index is 11.9. The molecule has 0 amide bonds. The molecule has 0 aromatic heterocycles. The number of halogens is 1. The molecule has 1 aromatic carbocycles. The molecule has 1 aliphatic carbocycles. The molecule has 1 aliphatic rings. The standard InChI is InChI=1S/C11H14BrNO3S/c12-8-17(15,16)13(10-4-5-10)7-9-2-1-3-11(14)6-9/h1-3,6,10,14H,4-5,7-8H2. The Morgan fingerprint density at radius 3 is 2.65 bits per heavy atom. The molecule has 1 saturated carbocycles. The second kappa shape index (κ2) is 4.96. The third kappa shape index (κ3) is 3.20. The van der Waals surface area contributed by atoms with E-state index in [9.17, 15) is 13.5 Å². The number of sulfonamides is 1. The minimum atomic E-state index is -3.24. The molecule has 0 saturated heterocycles. The van der Waals surface area contributed by atoms with Crippen LogP contribution < -0.4 is 0 Å². The zero-order chi connectivity index (χ0) is 12.5. The number of nitrogens with zero attached hydrogens (tertiary/aromatic N) is 1. The lowest BCUT2D eigenvalue weighted by Crippen LogP contribution is -2.33. The van der Waals surface area contributed by atoms with E-state index < -0.39 is 10.0 Å². The van der Waals surface area contributed by atoms with Gasteiger partial charge < -0.3 is 5.11 Å². The van der Waals surface area contributed by atoms with Gasteiger partial charge in [-0.05, 0) is 30.5 Å². The van der Waals surface area contributed by atoms with Crippen LogP contribution >= 0.6 is 15.9 Å². The van der Waals surface area contributed by atoms with Gasteiger partial charge in [0.25, 0.3) is 0 Å². The molecule has 0 radical (unpaired) electrons. The predicted molar refractivity (Wildman–Crippen MR) is 69.4 cm³/mol. The van der Waals surface area contributed by atoms with Crippen LogP contribution in [0.15, 0.2) is 24.3 Å². The molecule has 0 unspecified atom stereocenters. The SMILES string of the molecule is O=S(=O)(CBr)N(Cc1cccc(O)c1)C1CC1. The van der Waals surface area contributed by atoms with Crippen LogP contribution in [0.5, 0.6) is 5.75 Å². The lowest BCUT2D eigenvalue weighted by atomic mass is 10.2. The van der Waals surface area contributed by atoms with Gasteiger partial charge in [0.2, 0.25) is 10.0 Å². The summed E-state index contributed by atoms with van der Waals surface area (Å²) < 4.78 is 25.2. The van der Waals surface area contributed by atoms with Crippen LogP contribution in [-0.2, 0) is 16.6 Å². The molecule has 1 fully saturated rings. The van der Waals surface area contributed by atoms with Crippen molar-refractivity contribution in [3.63, 3.8) is 0 Å². The van der Waals surface area contributed by atoms with E-state index in [-0.39, 0.29) is 16.5 Å². The first kappa shape index (κ1) is 12.9. The fourth-order valence-electron chi connectivity index (χ4n) is 1.71. The number of benzene rings is 1. The van der Waals surface area contributed by atoms with E-state index in [4.69, 9.17) is 0 Å². The molecule has 0 bridgehead atoms. The molecule has 2 rings (SSSR count). The zero-order valence-corrected chi connectivity index (χ0v) is 11.6. The highest BCUT2D eigenvalue weighted by molar-refractivity contribution is 9.10. The molecule has 4 nitrogen and oxygen atoms in total. The Morgan fingerprint density at radius 1 is 1.41 bits per heavy atom. The first-order chi connectivity index (χ1) is 8.03. The summed E-state index contributed by atoms with van der Waals surface area (Å²) in [5, 5.41) is 9.36. The van der Waals surface area contributed by atoms with Gasteiger partial charge in [-0.25, -0.2) is 8.42 Å². The number of alkyl halides is 1. The van der Waals surface area contributed by atoms with Crippen LogP contribution in [0.2, 0.25) is 0 Å². The van der Waals surface area contributed by atoms with Crippen molar-refractivity contribution in [3.05, 3.63) is 29.8 Å². The Labute approximate surface area is 109 Å². The predicted octanol–water partition coefficient (Wildman–Crippen LogP) is 2.04. The second-order valence-electron chi connectivity index (χ2n) is 4.17. The first-order valence-corrected chi connectivity index (χ1v) is 8.09. The first-order valence-electron chi connectivity index (χ1n) is 5.36. The molecule has 0 atom stereocenters. The highest BCUT2D eigenvalue weighted by Crippen LogP contribution is 2.31. The second-order valence-corrected chi connectivity index (χ2v) is 7.39. The molecular weight excluding hydrogens is 306 g/mol. The van der Waals surface area contributed by atoms with Gasteiger partial charge in [-0.3, -0.25) is 0 Å². The summed E-state index contributed by atoms with van der Waals surface area (Å²) in [5.41, 5.74) is 0.807. The van der Waals surface area contributed by atoms with E-state index in [1.165, 1.54) is 4.31 Å². The Balaban J connectivity index is 2.19. The molecular formula is C11H14BrNO3S. The van der Waals surface area contributed by atoms with Crippen molar-refractivity contribution in [1.29, 1.82) is 0 Å². The van der Waals surface area contributed by atoms with Gasteiger partial charge in [0.05, 0.1) is 0 Å². The third-order valence-corrected chi connectivity index (χ3v) is 5.85. The van der Waals surface area contributed by atoms with Crippen LogP contribution in [-0.4, -0.2) is 28.5 Å². The molecule has 0 spiro atoms.